The first-order valence-electron chi connectivity index (χ1n) is 6.14. The normalized spacial score (nSPS) is 23.0. The Morgan fingerprint density at radius 2 is 2.17 bits per heavy atom. The number of nitrogens with zero attached hydrogens (tertiary/aromatic N) is 2. The average Bonchev–Trinajstić information content (AvgIpc) is 2.73. The molecule has 0 unspecified atom stereocenters. The fourth-order valence-corrected chi connectivity index (χ4v) is 3.25. The minimum Gasteiger partial charge on any atom is -0.346 e. The summed E-state index contributed by atoms with van der Waals surface area (Å²) in [6.45, 7) is 3.08. The zero-order chi connectivity index (χ0) is 13.0. The van der Waals surface area contributed by atoms with Gasteiger partial charge in [0.2, 0.25) is 0 Å². The lowest BCUT2D eigenvalue weighted by Crippen LogP contribution is -2.39. The van der Waals surface area contributed by atoms with Crippen LogP contribution in [0, 0.1) is 5.82 Å². The van der Waals surface area contributed by atoms with E-state index in [4.69, 9.17) is 11.6 Å². The third-order valence-electron chi connectivity index (χ3n) is 4.08. The first-order chi connectivity index (χ1) is 8.50. The average molecular weight is 267 g/mol. The Bertz CT molecular complexity index is 618. The molecule has 96 valence electrons. The smallest absolute Gasteiger partial charge is 0.142 e. The van der Waals surface area contributed by atoms with Gasteiger partial charge in [-0.2, -0.15) is 0 Å². The van der Waals surface area contributed by atoms with Crippen LogP contribution in [-0.2, 0) is 6.54 Å². The second-order valence-corrected chi connectivity index (χ2v) is 5.69. The van der Waals surface area contributed by atoms with Crippen LogP contribution in [0.1, 0.15) is 18.4 Å². The monoisotopic (exact) mass is 266 g/mol. The highest BCUT2D eigenvalue weighted by Gasteiger charge is 2.30. The van der Waals surface area contributed by atoms with Gasteiger partial charge in [0, 0.05) is 30.1 Å². The number of aromatic nitrogens is 1. The summed E-state index contributed by atoms with van der Waals surface area (Å²) >= 11 is 6.04. The van der Waals surface area contributed by atoms with Crippen LogP contribution in [0.3, 0.4) is 0 Å². The molecular formula is C14H16ClFN2. The third-order valence-corrected chi connectivity index (χ3v) is 4.46. The van der Waals surface area contributed by atoms with E-state index in [1.807, 2.05) is 12.3 Å². The van der Waals surface area contributed by atoms with E-state index in [1.165, 1.54) is 0 Å². The summed E-state index contributed by atoms with van der Waals surface area (Å²) in [6.07, 6.45) is 2.00. The van der Waals surface area contributed by atoms with Crippen molar-refractivity contribution in [3.05, 3.63) is 34.7 Å². The molecule has 0 amide bonds. The van der Waals surface area contributed by atoms with Crippen molar-refractivity contribution < 1.29 is 4.39 Å². The summed E-state index contributed by atoms with van der Waals surface area (Å²) in [5.41, 5.74) is 2.15. The number of hydrogen-bond donors (Lipinski definition) is 0. The molecule has 1 aliphatic rings. The molecule has 2 nitrogen and oxygen atoms in total. The van der Waals surface area contributed by atoms with Gasteiger partial charge in [-0.05, 0) is 31.8 Å². The molecule has 3 rings (SSSR count). The molecule has 0 bridgehead atoms. The van der Waals surface area contributed by atoms with E-state index in [9.17, 15) is 4.39 Å². The molecule has 1 aromatic heterocycles. The van der Waals surface area contributed by atoms with Crippen molar-refractivity contribution >= 4 is 22.5 Å². The zero-order valence-corrected chi connectivity index (χ0v) is 11.5. The number of likely N-dealkylation sites (N-methyl/N-ethyl adjacent to an activating group) is 1. The summed E-state index contributed by atoms with van der Waals surface area (Å²) in [4.78, 5) is 2.20. The molecule has 2 atom stereocenters. The molecule has 1 aromatic carbocycles. The van der Waals surface area contributed by atoms with Gasteiger partial charge >= 0.3 is 0 Å². The van der Waals surface area contributed by atoms with Gasteiger partial charge in [0.15, 0.2) is 0 Å². The highest BCUT2D eigenvalue weighted by atomic mass is 35.5. The lowest BCUT2D eigenvalue weighted by Gasteiger charge is -2.35. The molecule has 1 aliphatic heterocycles. The Hall–Kier alpha value is -1.06. The van der Waals surface area contributed by atoms with Gasteiger partial charge in [-0.3, -0.25) is 0 Å². The largest absolute Gasteiger partial charge is 0.346 e. The van der Waals surface area contributed by atoms with Crippen LogP contribution in [-0.4, -0.2) is 29.6 Å². The van der Waals surface area contributed by atoms with Gasteiger partial charge in [0.25, 0.3) is 0 Å². The standard InChI is InChI=1S/C14H16ClFN2/c1-8-10-6-11(16)13(15)9-4-5-18(14(9)10)7-12(8)17(2)3/h4-6,8,12H,7H2,1-3H3/t8-,12-/m1/s1. The fourth-order valence-electron chi connectivity index (χ4n) is 3.04. The molecule has 0 radical (unpaired) electrons. The Kier molecular flexibility index (Phi) is 2.65. The number of hydrogen-bond acceptors (Lipinski definition) is 1. The van der Waals surface area contributed by atoms with Gasteiger partial charge in [0.1, 0.15) is 5.82 Å². The lowest BCUT2D eigenvalue weighted by atomic mass is 9.88. The van der Waals surface area contributed by atoms with E-state index in [0.717, 1.165) is 23.0 Å². The van der Waals surface area contributed by atoms with Crippen molar-refractivity contribution in [3.63, 3.8) is 0 Å². The predicted octanol–water partition coefficient (Wildman–Crippen LogP) is 3.48. The summed E-state index contributed by atoms with van der Waals surface area (Å²) < 4.78 is 16.1. The summed E-state index contributed by atoms with van der Waals surface area (Å²) in [5, 5.41) is 1.07. The van der Waals surface area contributed by atoms with Crippen LogP contribution in [0.25, 0.3) is 10.9 Å². The quantitative estimate of drug-likeness (QED) is 0.767. The molecule has 0 N–H and O–H groups in total. The van der Waals surface area contributed by atoms with Crippen LogP contribution >= 0.6 is 11.6 Å². The molecule has 2 heterocycles. The van der Waals surface area contributed by atoms with Crippen molar-refractivity contribution in [3.8, 4) is 0 Å². The van der Waals surface area contributed by atoms with Crippen LogP contribution < -0.4 is 0 Å². The van der Waals surface area contributed by atoms with Crippen molar-refractivity contribution in [2.45, 2.75) is 25.4 Å². The van der Waals surface area contributed by atoms with E-state index in [2.05, 4.69) is 30.5 Å². The highest BCUT2D eigenvalue weighted by molar-refractivity contribution is 6.35. The second-order valence-electron chi connectivity index (χ2n) is 5.31. The van der Waals surface area contributed by atoms with Crippen molar-refractivity contribution in [2.75, 3.05) is 14.1 Å². The van der Waals surface area contributed by atoms with Gasteiger partial charge < -0.3 is 9.47 Å². The molecule has 0 saturated heterocycles. The molecule has 18 heavy (non-hydrogen) atoms. The van der Waals surface area contributed by atoms with Crippen molar-refractivity contribution in [1.82, 2.24) is 9.47 Å². The molecule has 0 fully saturated rings. The van der Waals surface area contributed by atoms with Crippen molar-refractivity contribution in [2.24, 2.45) is 0 Å². The molecule has 4 heteroatoms. The first-order valence-corrected chi connectivity index (χ1v) is 6.51. The summed E-state index contributed by atoms with van der Waals surface area (Å²) in [6, 6.07) is 3.89. The number of benzene rings is 1. The molecular weight excluding hydrogens is 251 g/mol. The van der Waals surface area contributed by atoms with E-state index >= 15 is 0 Å². The Labute approximate surface area is 111 Å². The second kappa shape index (κ2) is 3.97. The van der Waals surface area contributed by atoms with Gasteiger partial charge in [-0.1, -0.05) is 18.5 Å². The van der Waals surface area contributed by atoms with Crippen LogP contribution in [0.4, 0.5) is 4.39 Å². The predicted molar refractivity (Wildman–Crippen MR) is 72.8 cm³/mol. The van der Waals surface area contributed by atoms with Gasteiger partial charge in [-0.25, -0.2) is 4.39 Å². The van der Waals surface area contributed by atoms with E-state index in [1.54, 1.807) is 6.07 Å². The van der Waals surface area contributed by atoms with Crippen LogP contribution in [0.5, 0.6) is 0 Å². The summed E-state index contributed by atoms with van der Waals surface area (Å²) in [7, 11) is 4.14. The number of rotatable bonds is 1. The molecule has 0 spiro atoms. The maximum Gasteiger partial charge on any atom is 0.142 e. The topological polar surface area (TPSA) is 8.17 Å². The maximum atomic E-state index is 13.9. The van der Waals surface area contributed by atoms with Crippen LogP contribution in [0.15, 0.2) is 18.3 Å². The van der Waals surface area contributed by atoms with E-state index < -0.39 is 0 Å². The SMILES string of the molecule is C[C@@H]1c2cc(F)c(Cl)c3ccn(c23)C[C@H]1N(C)C. The molecule has 0 aliphatic carbocycles. The van der Waals surface area contributed by atoms with E-state index in [0.29, 0.717) is 12.0 Å². The lowest BCUT2D eigenvalue weighted by molar-refractivity contribution is 0.228. The van der Waals surface area contributed by atoms with E-state index in [-0.39, 0.29) is 10.8 Å². The van der Waals surface area contributed by atoms with Crippen LogP contribution in [0.2, 0.25) is 5.02 Å². The van der Waals surface area contributed by atoms with Crippen molar-refractivity contribution in [1.29, 1.82) is 0 Å². The summed E-state index contributed by atoms with van der Waals surface area (Å²) in [5.74, 6) is -0.0140. The minimum atomic E-state index is -0.317. The van der Waals surface area contributed by atoms with Gasteiger partial charge in [-0.15, -0.1) is 0 Å². The Balaban J connectivity index is 2.29. The zero-order valence-electron chi connectivity index (χ0n) is 10.7. The maximum absolute atomic E-state index is 13.9. The van der Waals surface area contributed by atoms with Gasteiger partial charge in [0.05, 0.1) is 10.5 Å². The molecule has 2 aromatic rings. The Morgan fingerprint density at radius 1 is 1.44 bits per heavy atom. The number of halogens is 2. The Morgan fingerprint density at radius 3 is 2.83 bits per heavy atom. The first kappa shape index (κ1) is 12.0. The third kappa shape index (κ3) is 1.50. The highest BCUT2D eigenvalue weighted by Crippen LogP contribution is 2.39. The minimum absolute atomic E-state index is 0.239. The molecule has 0 saturated carbocycles. The fraction of sp³-hybridized carbons (Fsp3) is 0.429.